The summed E-state index contributed by atoms with van der Waals surface area (Å²) >= 11 is 1.48. The number of aryl methyl sites for hydroxylation is 1. The maximum absolute atomic E-state index is 12.3. The molecule has 0 aliphatic rings. The first kappa shape index (κ1) is 17.5. The molecule has 138 valence electrons. The van der Waals surface area contributed by atoms with Crippen molar-refractivity contribution in [2.75, 3.05) is 5.75 Å². The lowest BCUT2D eigenvalue weighted by Gasteiger charge is -2.02. The van der Waals surface area contributed by atoms with Gasteiger partial charge in [-0.05, 0) is 24.3 Å². The molecule has 2 aromatic heterocycles. The van der Waals surface area contributed by atoms with Crippen LogP contribution in [0.1, 0.15) is 5.89 Å². The number of rotatable bonds is 7. The lowest BCUT2D eigenvalue weighted by atomic mass is 10.2. The van der Waals surface area contributed by atoms with Crippen LogP contribution >= 0.6 is 11.8 Å². The van der Waals surface area contributed by atoms with Gasteiger partial charge in [0.1, 0.15) is 5.75 Å². The quantitative estimate of drug-likeness (QED) is 0.468. The van der Waals surface area contributed by atoms with Crippen molar-refractivity contribution in [1.29, 1.82) is 0 Å². The first-order valence-corrected chi connectivity index (χ1v) is 9.11. The Bertz CT molecular complexity index is 1040. The van der Waals surface area contributed by atoms with Gasteiger partial charge in [-0.3, -0.25) is 0 Å². The monoisotopic (exact) mass is 388 g/mol. The van der Waals surface area contributed by atoms with Gasteiger partial charge in [0.25, 0.3) is 0 Å². The van der Waals surface area contributed by atoms with Crippen LogP contribution in [-0.4, -0.2) is 32.5 Å². The molecule has 0 amide bonds. The molecule has 0 radical (unpaired) electrons. The minimum absolute atomic E-state index is 0.0944. The molecule has 0 bridgehead atoms. The maximum Gasteiger partial charge on any atom is 0.387 e. The van der Waals surface area contributed by atoms with E-state index in [1.165, 1.54) is 23.9 Å². The molecule has 6 nitrogen and oxygen atoms in total. The molecule has 0 aliphatic carbocycles. The number of aromatic nitrogens is 4. The van der Waals surface area contributed by atoms with E-state index in [0.717, 1.165) is 5.56 Å². The summed E-state index contributed by atoms with van der Waals surface area (Å²) in [6.07, 6.45) is 0.585. The highest BCUT2D eigenvalue weighted by atomic mass is 32.2. The molecule has 0 fully saturated rings. The lowest BCUT2D eigenvalue weighted by molar-refractivity contribution is -0.0497. The number of alkyl halides is 2. The number of aromatic amines is 1. The normalized spacial score (nSPS) is 11.4. The zero-order valence-corrected chi connectivity index (χ0v) is 14.7. The molecule has 0 saturated heterocycles. The second kappa shape index (κ2) is 7.75. The molecular weight excluding hydrogens is 374 g/mol. The summed E-state index contributed by atoms with van der Waals surface area (Å²) in [5.74, 6) is 1.81. The second-order valence-corrected chi connectivity index (χ2v) is 6.65. The van der Waals surface area contributed by atoms with Gasteiger partial charge >= 0.3 is 6.61 Å². The smallest absolute Gasteiger partial charge is 0.387 e. The summed E-state index contributed by atoms with van der Waals surface area (Å²) < 4.78 is 34.6. The van der Waals surface area contributed by atoms with Crippen LogP contribution in [0.15, 0.2) is 58.1 Å². The number of halogens is 2. The lowest BCUT2D eigenvalue weighted by Crippen LogP contribution is -2.01. The number of hydrogen-bond donors (Lipinski definition) is 1. The molecule has 0 saturated carbocycles. The van der Waals surface area contributed by atoms with Crippen molar-refractivity contribution in [2.24, 2.45) is 0 Å². The third-order valence-corrected chi connectivity index (χ3v) is 4.57. The first-order chi connectivity index (χ1) is 13.2. The van der Waals surface area contributed by atoms with Crippen molar-refractivity contribution >= 4 is 22.8 Å². The largest absolute Gasteiger partial charge is 0.435 e. The van der Waals surface area contributed by atoms with Gasteiger partial charge < -0.3 is 14.1 Å². The van der Waals surface area contributed by atoms with Crippen LogP contribution in [0.4, 0.5) is 8.78 Å². The van der Waals surface area contributed by atoms with Crippen molar-refractivity contribution in [2.45, 2.75) is 18.2 Å². The number of nitrogens with one attached hydrogen (secondary N) is 1. The molecule has 0 aliphatic heterocycles. The summed E-state index contributed by atoms with van der Waals surface area (Å²) in [4.78, 5) is 7.50. The van der Waals surface area contributed by atoms with Crippen LogP contribution in [0, 0.1) is 0 Å². The van der Waals surface area contributed by atoms with Crippen LogP contribution in [0.3, 0.4) is 0 Å². The second-order valence-electron chi connectivity index (χ2n) is 5.56. The van der Waals surface area contributed by atoms with Gasteiger partial charge in [-0.15, -0.1) is 10.2 Å². The predicted octanol–water partition coefficient (Wildman–Crippen LogP) is 4.55. The Balaban J connectivity index is 1.37. The van der Waals surface area contributed by atoms with Gasteiger partial charge in [0.05, 0.1) is 11.0 Å². The Morgan fingerprint density at radius 2 is 1.96 bits per heavy atom. The fourth-order valence-electron chi connectivity index (χ4n) is 2.50. The highest BCUT2D eigenvalue weighted by Crippen LogP contribution is 2.25. The van der Waals surface area contributed by atoms with E-state index in [2.05, 4.69) is 24.9 Å². The number of hydrogen-bond acceptors (Lipinski definition) is 6. The molecule has 1 N–H and O–H groups in total. The third kappa shape index (κ3) is 4.25. The molecule has 0 atom stereocenters. The van der Waals surface area contributed by atoms with Crippen LogP contribution in [0.5, 0.6) is 5.75 Å². The molecule has 27 heavy (non-hydrogen) atoms. The van der Waals surface area contributed by atoms with Crippen LogP contribution in [0.25, 0.3) is 22.5 Å². The number of nitrogens with zero attached hydrogens (tertiary/aromatic N) is 3. The van der Waals surface area contributed by atoms with E-state index >= 15 is 0 Å². The van der Waals surface area contributed by atoms with Crippen molar-refractivity contribution < 1.29 is 17.9 Å². The summed E-state index contributed by atoms with van der Waals surface area (Å²) in [6, 6.07) is 14.2. The molecule has 2 aromatic carbocycles. The number of benzene rings is 2. The topological polar surface area (TPSA) is 76.8 Å². The van der Waals surface area contributed by atoms with E-state index in [-0.39, 0.29) is 5.75 Å². The molecule has 9 heteroatoms. The van der Waals surface area contributed by atoms with Gasteiger partial charge in [0.15, 0.2) is 5.16 Å². The van der Waals surface area contributed by atoms with E-state index in [1.54, 1.807) is 6.07 Å². The van der Waals surface area contributed by atoms with E-state index in [4.69, 9.17) is 4.42 Å². The maximum atomic E-state index is 12.3. The zero-order valence-electron chi connectivity index (χ0n) is 13.9. The molecule has 0 unspecified atom stereocenters. The summed E-state index contributed by atoms with van der Waals surface area (Å²) in [5.41, 5.74) is 2.20. The Morgan fingerprint density at radius 1 is 1.11 bits per heavy atom. The Morgan fingerprint density at radius 3 is 2.78 bits per heavy atom. The third-order valence-electron chi connectivity index (χ3n) is 3.70. The number of ether oxygens (including phenoxy) is 1. The fourth-order valence-corrected chi connectivity index (χ4v) is 3.31. The summed E-state index contributed by atoms with van der Waals surface area (Å²) in [5, 5.41) is 8.80. The van der Waals surface area contributed by atoms with Crippen LogP contribution < -0.4 is 4.74 Å². The van der Waals surface area contributed by atoms with Crippen molar-refractivity contribution in [3.05, 3.63) is 54.4 Å². The van der Waals surface area contributed by atoms with Crippen LogP contribution in [0.2, 0.25) is 0 Å². The SMILES string of the molecule is FC(F)Oc1ccc2nc(SCCc3nnc(-c4ccccc4)o3)[nH]c2c1. The fraction of sp³-hybridized carbons (Fsp3) is 0.167. The number of fused-ring (bicyclic) bond motifs is 1. The average molecular weight is 388 g/mol. The van der Waals surface area contributed by atoms with Crippen molar-refractivity contribution in [1.82, 2.24) is 20.2 Å². The van der Waals surface area contributed by atoms with Gasteiger partial charge in [0, 0.05) is 23.8 Å². The number of thioether (sulfide) groups is 1. The zero-order chi connectivity index (χ0) is 18.6. The molecule has 4 aromatic rings. The highest BCUT2D eigenvalue weighted by Gasteiger charge is 2.10. The van der Waals surface area contributed by atoms with Crippen molar-refractivity contribution in [3.8, 4) is 17.2 Å². The molecule has 4 rings (SSSR count). The van der Waals surface area contributed by atoms with Gasteiger partial charge in [-0.1, -0.05) is 30.0 Å². The van der Waals surface area contributed by atoms with Crippen molar-refractivity contribution in [3.63, 3.8) is 0 Å². The molecular formula is C18H14F2N4O2S. The highest BCUT2D eigenvalue weighted by molar-refractivity contribution is 7.99. The number of H-pyrrole nitrogens is 1. The summed E-state index contributed by atoms with van der Waals surface area (Å²) in [6.45, 7) is -2.85. The van der Waals surface area contributed by atoms with Gasteiger partial charge in [-0.25, -0.2) is 4.98 Å². The Hall–Kier alpha value is -2.94. The van der Waals surface area contributed by atoms with E-state index < -0.39 is 6.61 Å². The first-order valence-electron chi connectivity index (χ1n) is 8.12. The molecule has 0 spiro atoms. The van der Waals surface area contributed by atoms with E-state index in [0.29, 0.717) is 40.1 Å². The minimum Gasteiger partial charge on any atom is -0.435 e. The summed E-state index contributed by atoms with van der Waals surface area (Å²) in [7, 11) is 0. The average Bonchev–Trinajstić information content (AvgIpc) is 3.28. The molecule has 2 heterocycles. The van der Waals surface area contributed by atoms with E-state index in [9.17, 15) is 8.78 Å². The Labute approximate surface area is 157 Å². The Kier molecular flexibility index (Phi) is 5.01. The predicted molar refractivity (Wildman–Crippen MR) is 96.9 cm³/mol. The standard InChI is InChI=1S/C18H14F2N4O2S/c19-17(20)25-12-6-7-13-14(10-12)22-18(21-13)27-9-8-15-23-24-16(26-15)11-4-2-1-3-5-11/h1-7,10,17H,8-9H2,(H,21,22). The van der Waals surface area contributed by atoms with E-state index in [1.807, 2.05) is 30.3 Å². The van der Waals surface area contributed by atoms with Crippen LogP contribution in [-0.2, 0) is 6.42 Å². The minimum atomic E-state index is -2.85. The van der Waals surface area contributed by atoms with Gasteiger partial charge in [0.2, 0.25) is 11.8 Å². The number of imidazole rings is 1. The van der Waals surface area contributed by atoms with Gasteiger partial charge in [-0.2, -0.15) is 8.78 Å².